The van der Waals surface area contributed by atoms with Crippen molar-refractivity contribution < 1.29 is 4.79 Å². The third kappa shape index (κ3) is 2.17. The lowest BCUT2D eigenvalue weighted by Crippen LogP contribution is -2.54. The zero-order valence-electron chi connectivity index (χ0n) is 7.79. The second-order valence-electron chi connectivity index (χ2n) is 3.59. The lowest BCUT2D eigenvalue weighted by Gasteiger charge is -2.31. The van der Waals surface area contributed by atoms with Crippen molar-refractivity contribution in [1.82, 2.24) is 10.2 Å². The van der Waals surface area contributed by atoms with Gasteiger partial charge in [-0.05, 0) is 25.1 Å². The minimum atomic E-state index is 0.142. The molecular formula is C9H16N2OS. The molecule has 2 aliphatic rings. The molecule has 2 rings (SSSR count). The van der Waals surface area contributed by atoms with E-state index in [1.54, 1.807) is 0 Å². The van der Waals surface area contributed by atoms with Gasteiger partial charge in [0.25, 0.3) is 0 Å². The monoisotopic (exact) mass is 200 g/mol. The van der Waals surface area contributed by atoms with Crippen LogP contribution in [0.15, 0.2) is 0 Å². The van der Waals surface area contributed by atoms with E-state index in [1.165, 1.54) is 5.75 Å². The molecule has 0 aliphatic carbocycles. The molecule has 0 saturated carbocycles. The molecule has 0 aromatic rings. The summed E-state index contributed by atoms with van der Waals surface area (Å²) in [6, 6.07) is 0.142. The Labute approximate surface area is 83.2 Å². The summed E-state index contributed by atoms with van der Waals surface area (Å²) in [7, 11) is 0. The van der Waals surface area contributed by atoms with Gasteiger partial charge in [-0.3, -0.25) is 4.79 Å². The fraction of sp³-hybridized carbons (Fsp3) is 0.889. The van der Waals surface area contributed by atoms with Crippen molar-refractivity contribution in [2.75, 3.05) is 31.1 Å². The van der Waals surface area contributed by atoms with Crippen molar-refractivity contribution in [2.45, 2.75) is 18.9 Å². The molecule has 0 spiro atoms. The summed E-state index contributed by atoms with van der Waals surface area (Å²) in [6.45, 7) is 2.92. The summed E-state index contributed by atoms with van der Waals surface area (Å²) in [5, 5.41) is 3.16. The molecule has 0 radical (unpaired) electrons. The van der Waals surface area contributed by atoms with E-state index in [0.717, 1.165) is 38.2 Å². The van der Waals surface area contributed by atoms with E-state index < -0.39 is 0 Å². The van der Waals surface area contributed by atoms with Crippen LogP contribution in [0.5, 0.6) is 0 Å². The fourth-order valence-corrected chi connectivity index (χ4v) is 2.57. The van der Waals surface area contributed by atoms with Gasteiger partial charge in [0.15, 0.2) is 0 Å². The number of nitrogens with one attached hydrogen (secondary N) is 1. The summed E-state index contributed by atoms with van der Waals surface area (Å²) in [6.07, 6.45) is 2.19. The van der Waals surface area contributed by atoms with Crippen LogP contribution < -0.4 is 5.32 Å². The average Bonchev–Trinajstić information content (AvgIpc) is 2.27. The first-order valence-electron chi connectivity index (χ1n) is 4.98. The van der Waals surface area contributed by atoms with Crippen LogP contribution in [-0.2, 0) is 4.79 Å². The number of carbonyl (C=O) groups is 1. The summed E-state index contributed by atoms with van der Waals surface area (Å²) >= 11 is 1.96. The summed E-state index contributed by atoms with van der Waals surface area (Å²) < 4.78 is 0. The molecule has 1 unspecified atom stereocenters. The molecule has 0 aromatic carbocycles. The standard InChI is InChI=1S/C9H16N2OS/c12-9(8-2-3-10-8)11-4-1-6-13-7-5-11/h8,10H,1-7H2. The minimum absolute atomic E-state index is 0.142. The van der Waals surface area contributed by atoms with Crippen LogP contribution in [0, 0.1) is 0 Å². The van der Waals surface area contributed by atoms with Crippen molar-refractivity contribution in [3.63, 3.8) is 0 Å². The van der Waals surface area contributed by atoms with Gasteiger partial charge in [0, 0.05) is 18.8 Å². The maximum atomic E-state index is 11.8. The van der Waals surface area contributed by atoms with Gasteiger partial charge >= 0.3 is 0 Å². The molecule has 2 saturated heterocycles. The van der Waals surface area contributed by atoms with Crippen molar-refractivity contribution >= 4 is 17.7 Å². The Balaban J connectivity index is 1.85. The van der Waals surface area contributed by atoms with Gasteiger partial charge in [0.1, 0.15) is 0 Å². The molecule has 2 heterocycles. The molecule has 4 heteroatoms. The second kappa shape index (κ2) is 4.33. The third-order valence-electron chi connectivity index (χ3n) is 2.66. The Bertz CT molecular complexity index is 186. The maximum Gasteiger partial charge on any atom is 0.239 e. The highest BCUT2D eigenvalue weighted by Crippen LogP contribution is 2.13. The van der Waals surface area contributed by atoms with Crippen molar-refractivity contribution in [1.29, 1.82) is 0 Å². The van der Waals surface area contributed by atoms with E-state index >= 15 is 0 Å². The van der Waals surface area contributed by atoms with Crippen LogP contribution in [0.1, 0.15) is 12.8 Å². The molecule has 0 bridgehead atoms. The Kier molecular flexibility index (Phi) is 3.11. The minimum Gasteiger partial charge on any atom is -0.340 e. The average molecular weight is 200 g/mol. The number of thioether (sulfide) groups is 1. The molecule has 0 aromatic heterocycles. The number of hydrogen-bond acceptors (Lipinski definition) is 3. The Morgan fingerprint density at radius 2 is 2.23 bits per heavy atom. The molecule has 1 atom stereocenters. The molecular weight excluding hydrogens is 184 g/mol. The number of amides is 1. The molecule has 3 nitrogen and oxygen atoms in total. The van der Waals surface area contributed by atoms with Crippen molar-refractivity contribution in [3.8, 4) is 0 Å². The summed E-state index contributed by atoms with van der Waals surface area (Å²) in [5.41, 5.74) is 0. The predicted octanol–water partition coefficient (Wildman–Crippen LogP) is 0.314. The van der Waals surface area contributed by atoms with Crippen molar-refractivity contribution in [3.05, 3.63) is 0 Å². The van der Waals surface area contributed by atoms with Gasteiger partial charge in [-0.2, -0.15) is 11.8 Å². The molecule has 74 valence electrons. The predicted molar refractivity (Wildman–Crippen MR) is 54.9 cm³/mol. The smallest absolute Gasteiger partial charge is 0.239 e. The van der Waals surface area contributed by atoms with Gasteiger partial charge in [-0.25, -0.2) is 0 Å². The van der Waals surface area contributed by atoms with Gasteiger partial charge < -0.3 is 10.2 Å². The first kappa shape index (κ1) is 9.34. The Morgan fingerprint density at radius 3 is 2.92 bits per heavy atom. The lowest BCUT2D eigenvalue weighted by molar-refractivity contribution is -0.134. The number of nitrogens with zero attached hydrogens (tertiary/aromatic N) is 1. The first-order valence-corrected chi connectivity index (χ1v) is 6.13. The highest BCUT2D eigenvalue weighted by Gasteiger charge is 2.28. The quantitative estimate of drug-likeness (QED) is 0.661. The number of hydrogen-bond donors (Lipinski definition) is 1. The van der Waals surface area contributed by atoms with Gasteiger partial charge in [0.2, 0.25) is 5.91 Å². The number of carbonyl (C=O) groups excluding carboxylic acids is 1. The fourth-order valence-electron chi connectivity index (χ4n) is 1.69. The van der Waals surface area contributed by atoms with Crippen LogP contribution in [0.4, 0.5) is 0 Å². The third-order valence-corrected chi connectivity index (χ3v) is 3.70. The number of rotatable bonds is 1. The topological polar surface area (TPSA) is 32.3 Å². The van der Waals surface area contributed by atoms with E-state index in [9.17, 15) is 4.79 Å². The summed E-state index contributed by atoms with van der Waals surface area (Å²) in [4.78, 5) is 13.8. The molecule has 13 heavy (non-hydrogen) atoms. The first-order chi connectivity index (χ1) is 6.38. The Hall–Kier alpha value is -0.220. The molecule has 1 amide bonds. The van der Waals surface area contributed by atoms with E-state index in [-0.39, 0.29) is 6.04 Å². The van der Waals surface area contributed by atoms with Gasteiger partial charge in [0.05, 0.1) is 6.04 Å². The van der Waals surface area contributed by atoms with E-state index in [2.05, 4.69) is 5.32 Å². The lowest BCUT2D eigenvalue weighted by atomic mass is 10.1. The SMILES string of the molecule is O=C(C1CCN1)N1CCCSCC1. The highest BCUT2D eigenvalue weighted by molar-refractivity contribution is 7.99. The maximum absolute atomic E-state index is 11.8. The Morgan fingerprint density at radius 1 is 1.38 bits per heavy atom. The second-order valence-corrected chi connectivity index (χ2v) is 4.81. The van der Waals surface area contributed by atoms with E-state index in [1.807, 2.05) is 16.7 Å². The normalized spacial score (nSPS) is 29.2. The van der Waals surface area contributed by atoms with Crippen LogP contribution >= 0.6 is 11.8 Å². The largest absolute Gasteiger partial charge is 0.340 e. The van der Waals surface area contributed by atoms with Crippen LogP contribution in [-0.4, -0.2) is 48.0 Å². The van der Waals surface area contributed by atoms with Crippen LogP contribution in [0.3, 0.4) is 0 Å². The van der Waals surface area contributed by atoms with E-state index in [4.69, 9.17) is 0 Å². The van der Waals surface area contributed by atoms with E-state index in [0.29, 0.717) is 5.91 Å². The zero-order valence-corrected chi connectivity index (χ0v) is 8.61. The van der Waals surface area contributed by atoms with Crippen LogP contribution in [0.2, 0.25) is 0 Å². The van der Waals surface area contributed by atoms with Crippen molar-refractivity contribution in [2.24, 2.45) is 0 Å². The molecule has 2 fully saturated rings. The highest BCUT2D eigenvalue weighted by atomic mass is 32.2. The zero-order chi connectivity index (χ0) is 9.10. The van der Waals surface area contributed by atoms with Gasteiger partial charge in [-0.1, -0.05) is 0 Å². The molecule has 2 aliphatic heterocycles. The van der Waals surface area contributed by atoms with Crippen LogP contribution in [0.25, 0.3) is 0 Å². The molecule has 1 N–H and O–H groups in total. The summed E-state index contributed by atoms with van der Waals surface area (Å²) in [5.74, 6) is 2.65. The van der Waals surface area contributed by atoms with Gasteiger partial charge in [-0.15, -0.1) is 0 Å².